The fourth-order valence-corrected chi connectivity index (χ4v) is 4.06. The van der Waals surface area contributed by atoms with Gasteiger partial charge in [-0.1, -0.05) is 47.7 Å². The van der Waals surface area contributed by atoms with Crippen molar-refractivity contribution < 1.29 is 24.6 Å². The molecule has 2 amide bonds. The second-order valence-electron chi connectivity index (χ2n) is 6.22. The number of carboxylic acid groups (broad SMARTS) is 1. The van der Waals surface area contributed by atoms with E-state index in [1.54, 1.807) is 30.3 Å². The van der Waals surface area contributed by atoms with Crippen LogP contribution in [0.1, 0.15) is 22.3 Å². The van der Waals surface area contributed by atoms with Crippen molar-refractivity contribution >= 4 is 69.4 Å². The van der Waals surface area contributed by atoms with Crippen molar-refractivity contribution in [3.8, 4) is 5.75 Å². The Bertz CT molecular complexity index is 1070. The van der Waals surface area contributed by atoms with E-state index in [1.807, 2.05) is 0 Å². The van der Waals surface area contributed by atoms with Crippen LogP contribution < -0.4 is 5.32 Å². The number of aromatic carboxylic acids is 1. The van der Waals surface area contributed by atoms with Crippen LogP contribution in [0.3, 0.4) is 0 Å². The lowest BCUT2D eigenvalue weighted by Gasteiger charge is -2.14. The van der Waals surface area contributed by atoms with Gasteiger partial charge in [-0.3, -0.25) is 14.5 Å². The number of benzene rings is 2. The molecule has 3 N–H and O–H groups in total. The molecule has 2 aromatic carbocycles. The van der Waals surface area contributed by atoms with E-state index in [0.29, 0.717) is 14.2 Å². The molecule has 0 aliphatic carbocycles. The molecule has 1 fully saturated rings. The summed E-state index contributed by atoms with van der Waals surface area (Å²) < 4.78 is 0.358. The summed E-state index contributed by atoms with van der Waals surface area (Å²) >= 11 is 12.3. The van der Waals surface area contributed by atoms with Crippen LogP contribution in [-0.2, 0) is 9.59 Å². The summed E-state index contributed by atoms with van der Waals surface area (Å²) in [5, 5.41) is 21.8. The standard InChI is InChI=1S/C20H15ClN2O5S2/c21-12-3-1-11(2-4-12)9-16-18(26)23(20(29)30-16)8-7-17(25)22-13-5-6-14(19(27)28)15(24)10-13/h1-6,9-10,24H,7-8H2,(H,22,25)(H,27,28). The molecule has 1 heterocycles. The summed E-state index contributed by atoms with van der Waals surface area (Å²) in [7, 11) is 0. The molecule has 30 heavy (non-hydrogen) atoms. The molecule has 0 spiro atoms. The summed E-state index contributed by atoms with van der Waals surface area (Å²) in [4.78, 5) is 37.5. The van der Waals surface area contributed by atoms with Crippen LogP contribution in [0.2, 0.25) is 5.02 Å². The maximum Gasteiger partial charge on any atom is 0.339 e. The number of nitrogens with one attached hydrogen (secondary N) is 1. The Hall–Kier alpha value is -2.88. The van der Waals surface area contributed by atoms with E-state index in [1.165, 1.54) is 17.0 Å². The maximum absolute atomic E-state index is 12.6. The summed E-state index contributed by atoms with van der Waals surface area (Å²) in [6.07, 6.45) is 1.69. The molecule has 154 valence electrons. The van der Waals surface area contributed by atoms with Gasteiger partial charge < -0.3 is 15.5 Å². The molecule has 1 aliphatic heterocycles. The fraction of sp³-hybridized carbons (Fsp3) is 0.100. The first-order valence-corrected chi connectivity index (χ1v) is 10.2. The minimum absolute atomic E-state index is 0.0257. The number of nitrogens with zero attached hydrogens (tertiary/aromatic N) is 1. The number of rotatable bonds is 6. The first-order chi connectivity index (χ1) is 14.2. The quantitative estimate of drug-likeness (QED) is 0.440. The van der Waals surface area contributed by atoms with Crippen molar-refractivity contribution in [1.29, 1.82) is 0 Å². The highest BCUT2D eigenvalue weighted by Gasteiger charge is 2.32. The van der Waals surface area contributed by atoms with Crippen LogP contribution in [-0.4, -0.2) is 43.8 Å². The number of carbonyl (C=O) groups is 3. The van der Waals surface area contributed by atoms with E-state index in [2.05, 4.69) is 5.32 Å². The molecular weight excluding hydrogens is 448 g/mol. The molecule has 0 aromatic heterocycles. The fourth-order valence-electron chi connectivity index (χ4n) is 2.63. The molecule has 1 saturated heterocycles. The number of aromatic hydroxyl groups is 1. The number of thioether (sulfide) groups is 1. The number of hydrogen-bond donors (Lipinski definition) is 3. The van der Waals surface area contributed by atoms with E-state index < -0.39 is 17.6 Å². The van der Waals surface area contributed by atoms with Crippen LogP contribution >= 0.6 is 35.6 Å². The minimum Gasteiger partial charge on any atom is -0.507 e. The number of anilines is 1. The number of carboxylic acids is 1. The third-order valence-electron chi connectivity index (χ3n) is 4.12. The van der Waals surface area contributed by atoms with E-state index in [9.17, 15) is 19.5 Å². The lowest BCUT2D eigenvalue weighted by molar-refractivity contribution is -0.122. The number of thiocarbonyl (C=S) groups is 1. The summed E-state index contributed by atoms with van der Waals surface area (Å²) in [6.45, 7) is 0.0909. The largest absolute Gasteiger partial charge is 0.507 e. The second-order valence-corrected chi connectivity index (χ2v) is 8.33. The molecule has 0 unspecified atom stereocenters. The summed E-state index contributed by atoms with van der Waals surface area (Å²) in [5.74, 6) is -2.42. The number of hydrogen-bond acceptors (Lipinski definition) is 6. The monoisotopic (exact) mass is 462 g/mol. The van der Waals surface area contributed by atoms with Gasteiger partial charge in [0.2, 0.25) is 5.91 Å². The van der Waals surface area contributed by atoms with E-state index in [-0.39, 0.29) is 30.1 Å². The number of amides is 2. The number of carbonyl (C=O) groups excluding carboxylic acids is 2. The minimum atomic E-state index is -1.27. The average Bonchev–Trinajstić information content (AvgIpc) is 2.94. The molecule has 0 saturated carbocycles. The van der Waals surface area contributed by atoms with Gasteiger partial charge in [-0.25, -0.2) is 4.79 Å². The zero-order valence-corrected chi connectivity index (χ0v) is 17.7. The van der Waals surface area contributed by atoms with Gasteiger partial charge in [0.1, 0.15) is 15.6 Å². The molecule has 1 aliphatic rings. The topological polar surface area (TPSA) is 107 Å². The highest BCUT2D eigenvalue weighted by atomic mass is 35.5. The van der Waals surface area contributed by atoms with Crippen molar-refractivity contribution in [3.05, 3.63) is 63.5 Å². The van der Waals surface area contributed by atoms with Gasteiger partial charge in [0.05, 0.1) is 4.91 Å². The Morgan fingerprint density at radius 2 is 1.90 bits per heavy atom. The highest BCUT2D eigenvalue weighted by Crippen LogP contribution is 2.32. The van der Waals surface area contributed by atoms with Crippen LogP contribution in [0.4, 0.5) is 5.69 Å². The van der Waals surface area contributed by atoms with Gasteiger partial charge in [0.15, 0.2) is 0 Å². The predicted octanol–water partition coefficient (Wildman–Crippen LogP) is 3.97. The van der Waals surface area contributed by atoms with Gasteiger partial charge in [-0.2, -0.15) is 0 Å². The first-order valence-electron chi connectivity index (χ1n) is 8.61. The van der Waals surface area contributed by atoms with E-state index in [0.717, 1.165) is 23.4 Å². The van der Waals surface area contributed by atoms with Crippen LogP contribution in [0.15, 0.2) is 47.4 Å². The molecule has 0 atom stereocenters. The smallest absolute Gasteiger partial charge is 0.339 e. The van der Waals surface area contributed by atoms with Crippen LogP contribution in [0, 0.1) is 0 Å². The van der Waals surface area contributed by atoms with Gasteiger partial charge in [0.25, 0.3) is 5.91 Å². The Labute approximate surface area is 186 Å². The summed E-state index contributed by atoms with van der Waals surface area (Å²) in [5.41, 5.74) is 0.788. The van der Waals surface area contributed by atoms with Gasteiger partial charge in [0, 0.05) is 29.7 Å². The number of halogens is 1. The van der Waals surface area contributed by atoms with Crippen LogP contribution in [0.5, 0.6) is 5.75 Å². The molecule has 2 aromatic rings. The Kier molecular flexibility index (Phi) is 6.76. The van der Waals surface area contributed by atoms with Crippen molar-refractivity contribution in [2.45, 2.75) is 6.42 Å². The summed E-state index contributed by atoms with van der Waals surface area (Å²) in [6, 6.07) is 10.7. The Morgan fingerprint density at radius 1 is 1.20 bits per heavy atom. The van der Waals surface area contributed by atoms with Crippen molar-refractivity contribution in [2.75, 3.05) is 11.9 Å². The lowest BCUT2D eigenvalue weighted by atomic mass is 10.2. The second kappa shape index (κ2) is 9.29. The van der Waals surface area contributed by atoms with Crippen molar-refractivity contribution in [1.82, 2.24) is 4.90 Å². The van der Waals surface area contributed by atoms with E-state index >= 15 is 0 Å². The van der Waals surface area contributed by atoms with Crippen molar-refractivity contribution in [2.24, 2.45) is 0 Å². The zero-order chi connectivity index (χ0) is 21.8. The van der Waals surface area contributed by atoms with Crippen LogP contribution in [0.25, 0.3) is 6.08 Å². The van der Waals surface area contributed by atoms with E-state index in [4.69, 9.17) is 28.9 Å². The Morgan fingerprint density at radius 3 is 2.53 bits per heavy atom. The maximum atomic E-state index is 12.6. The Balaban J connectivity index is 1.60. The molecule has 0 radical (unpaired) electrons. The molecule has 0 bridgehead atoms. The molecule has 3 rings (SSSR count). The van der Waals surface area contributed by atoms with Gasteiger partial charge >= 0.3 is 5.97 Å². The third-order valence-corrected chi connectivity index (χ3v) is 5.75. The third kappa shape index (κ3) is 5.18. The molecule has 10 heteroatoms. The predicted molar refractivity (Wildman–Crippen MR) is 120 cm³/mol. The number of phenols is 1. The van der Waals surface area contributed by atoms with Gasteiger partial charge in [-0.05, 0) is 35.9 Å². The molecule has 7 nitrogen and oxygen atoms in total. The SMILES string of the molecule is O=C(CCN1C(=O)C(=Cc2ccc(Cl)cc2)SC1=S)Nc1ccc(C(=O)O)c(O)c1. The van der Waals surface area contributed by atoms with Crippen molar-refractivity contribution in [3.63, 3.8) is 0 Å². The normalized spacial score (nSPS) is 15.0. The highest BCUT2D eigenvalue weighted by molar-refractivity contribution is 8.26. The average molecular weight is 463 g/mol. The van der Waals surface area contributed by atoms with Gasteiger partial charge in [-0.15, -0.1) is 0 Å². The first kappa shape index (κ1) is 21.8. The zero-order valence-electron chi connectivity index (χ0n) is 15.3. The lowest BCUT2D eigenvalue weighted by Crippen LogP contribution is -2.31. The molecular formula is C20H15ClN2O5S2.